The van der Waals surface area contributed by atoms with E-state index in [1.165, 1.54) is 0 Å². The zero-order chi connectivity index (χ0) is 9.19. The molecule has 1 aliphatic heterocycles. The SMILES string of the molecule is CCC(CC)C(N)C1(O)CNC1. The molecule has 0 saturated carbocycles. The summed E-state index contributed by atoms with van der Waals surface area (Å²) >= 11 is 0. The molecule has 1 saturated heterocycles. The Morgan fingerprint density at radius 3 is 2.17 bits per heavy atom. The predicted octanol–water partition coefficient (Wildman–Crippen LogP) is 0.0842. The highest BCUT2D eigenvalue weighted by molar-refractivity contribution is 5.02. The Morgan fingerprint density at radius 1 is 1.42 bits per heavy atom. The lowest BCUT2D eigenvalue weighted by Gasteiger charge is -2.45. The molecule has 3 heteroatoms. The molecule has 1 heterocycles. The van der Waals surface area contributed by atoms with Crippen LogP contribution in [0.2, 0.25) is 0 Å². The molecule has 3 nitrogen and oxygen atoms in total. The molecule has 0 radical (unpaired) electrons. The highest BCUT2D eigenvalue weighted by Crippen LogP contribution is 2.24. The second kappa shape index (κ2) is 3.73. The molecule has 12 heavy (non-hydrogen) atoms. The minimum absolute atomic E-state index is 0.0613. The van der Waals surface area contributed by atoms with E-state index in [1.54, 1.807) is 0 Å². The van der Waals surface area contributed by atoms with E-state index in [-0.39, 0.29) is 6.04 Å². The van der Waals surface area contributed by atoms with Crippen LogP contribution in [0.5, 0.6) is 0 Å². The van der Waals surface area contributed by atoms with Gasteiger partial charge in [0.05, 0.1) is 0 Å². The molecule has 1 atom stereocenters. The molecule has 0 aliphatic carbocycles. The van der Waals surface area contributed by atoms with Gasteiger partial charge in [0.1, 0.15) is 5.60 Å². The van der Waals surface area contributed by atoms with Crippen molar-refractivity contribution in [2.45, 2.75) is 38.3 Å². The largest absolute Gasteiger partial charge is 0.386 e. The van der Waals surface area contributed by atoms with E-state index in [0.717, 1.165) is 12.8 Å². The highest BCUT2D eigenvalue weighted by Gasteiger charge is 2.42. The maximum atomic E-state index is 9.92. The van der Waals surface area contributed by atoms with Crippen molar-refractivity contribution < 1.29 is 5.11 Å². The van der Waals surface area contributed by atoms with Crippen LogP contribution >= 0.6 is 0 Å². The van der Waals surface area contributed by atoms with Gasteiger partial charge in [0.2, 0.25) is 0 Å². The van der Waals surface area contributed by atoms with Gasteiger partial charge < -0.3 is 16.2 Å². The number of hydrogen-bond donors (Lipinski definition) is 3. The van der Waals surface area contributed by atoms with Crippen LogP contribution in [-0.2, 0) is 0 Å². The van der Waals surface area contributed by atoms with Gasteiger partial charge in [0, 0.05) is 19.1 Å². The average molecular weight is 172 g/mol. The van der Waals surface area contributed by atoms with Crippen LogP contribution in [0.25, 0.3) is 0 Å². The van der Waals surface area contributed by atoms with Gasteiger partial charge in [-0.1, -0.05) is 26.7 Å². The van der Waals surface area contributed by atoms with Crippen LogP contribution in [0.4, 0.5) is 0 Å². The minimum atomic E-state index is -0.628. The molecule has 0 aromatic rings. The lowest BCUT2D eigenvalue weighted by molar-refractivity contribution is -0.0488. The highest BCUT2D eigenvalue weighted by atomic mass is 16.3. The average Bonchev–Trinajstić information content (AvgIpc) is 2.02. The topological polar surface area (TPSA) is 58.3 Å². The summed E-state index contributed by atoms with van der Waals surface area (Å²) in [6.45, 7) is 5.57. The molecular weight excluding hydrogens is 152 g/mol. The summed E-state index contributed by atoms with van der Waals surface area (Å²) in [5, 5.41) is 13.0. The Kier molecular flexibility index (Phi) is 3.09. The summed E-state index contributed by atoms with van der Waals surface area (Å²) in [5.74, 6) is 0.456. The van der Waals surface area contributed by atoms with E-state index in [4.69, 9.17) is 5.73 Å². The predicted molar refractivity (Wildman–Crippen MR) is 49.9 cm³/mol. The third-order valence-corrected chi connectivity index (χ3v) is 3.04. The lowest BCUT2D eigenvalue weighted by Crippen LogP contribution is -2.70. The molecule has 1 rings (SSSR count). The van der Waals surface area contributed by atoms with Crippen LogP contribution in [-0.4, -0.2) is 29.8 Å². The lowest BCUT2D eigenvalue weighted by atomic mass is 9.79. The van der Waals surface area contributed by atoms with E-state index in [1.807, 2.05) is 0 Å². The molecule has 1 unspecified atom stereocenters. The summed E-state index contributed by atoms with van der Waals surface area (Å²) < 4.78 is 0. The Balaban J connectivity index is 2.49. The van der Waals surface area contributed by atoms with Crippen molar-refractivity contribution in [3.8, 4) is 0 Å². The molecule has 1 fully saturated rings. The van der Waals surface area contributed by atoms with Gasteiger partial charge in [-0.05, 0) is 5.92 Å². The standard InChI is InChI=1S/C9H20N2O/c1-3-7(4-2)8(10)9(12)5-11-6-9/h7-8,11-12H,3-6,10H2,1-2H3. The fraction of sp³-hybridized carbons (Fsp3) is 1.00. The molecule has 0 bridgehead atoms. The smallest absolute Gasteiger partial charge is 0.105 e. The van der Waals surface area contributed by atoms with Crippen molar-refractivity contribution in [2.75, 3.05) is 13.1 Å². The van der Waals surface area contributed by atoms with Crippen molar-refractivity contribution in [1.29, 1.82) is 0 Å². The van der Waals surface area contributed by atoms with Crippen LogP contribution in [0.3, 0.4) is 0 Å². The Bertz CT molecular complexity index is 141. The molecule has 4 N–H and O–H groups in total. The van der Waals surface area contributed by atoms with Gasteiger partial charge in [-0.25, -0.2) is 0 Å². The van der Waals surface area contributed by atoms with E-state index >= 15 is 0 Å². The summed E-state index contributed by atoms with van der Waals surface area (Å²) in [6.07, 6.45) is 2.11. The third kappa shape index (κ3) is 1.63. The molecule has 0 spiro atoms. The molecule has 0 aromatic carbocycles. The van der Waals surface area contributed by atoms with Gasteiger partial charge in [-0.2, -0.15) is 0 Å². The van der Waals surface area contributed by atoms with Crippen LogP contribution < -0.4 is 11.1 Å². The molecular formula is C9H20N2O. The Hall–Kier alpha value is -0.120. The number of aliphatic hydroxyl groups is 1. The molecule has 72 valence electrons. The maximum absolute atomic E-state index is 9.92. The molecule has 0 amide bonds. The number of nitrogens with two attached hydrogens (primary N) is 1. The van der Waals surface area contributed by atoms with E-state index < -0.39 is 5.60 Å². The van der Waals surface area contributed by atoms with Gasteiger partial charge in [0.15, 0.2) is 0 Å². The number of hydrogen-bond acceptors (Lipinski definition) is 3. The monoisotopic (exact) mass is 172 g/mol. The third-order valence-electron chi connectivity index (χ3n) is 3.04. The van der Waals surface area contributed by atoms with Crippen molar-refractivity contribution in [2.24, 2.45) is 11.7 Å². The first kappa shape index (κ1) is 9.96. The number of nitrogens with one attached hydrogen (secondary N) is 1. The van der Waals surface area contributed by atoms with Crippen molar-refractivity contribution in [1.82, 2.24) is 5.32 Å². The second-order valence-corrected chi connectivity index (χ2v) is 3.81. The molecule has 1 aliphatic rings. The van der Waals surface area contributed by atoms with Crippen molar-refractivity contribution in [3.63, 3.8) is 0 Å². The van der Waals surface area contributed by atoms with E-state index in [9.17, 15) is 5.11 Å². The summed E-state index contributed by atoms with van der Waals surface area (Å²) in [4.78, 5) is 0. The van der Waals surface area contributed by atoms with Crippen LogP contribution in [0.1, 0.15) is 26.7 Å². The van der Waals surface area contributed by atoms with Crippen LogP contribution in [0.15, 0.2) is 0 Å². The maximum Gasteiger partial charge on any atom is 0.105 e. The zero-order valence-corrected chi connectivity index (χ0v) is 8.01. The zero-order valence-electron chi connectivity index (χ0n) is 8.01. The fourth-order valence-corrected chi connectivity index (χ4v) is 1.85. The van der Waals surface area contributed by atoms with Gasteiger partial charge in [-0.3, -0.25) is 0 Å². The van der Waals surface area contributed by atoms with Crippen molar-refractivity contribution >= 4 is 0 Å². The first-order valence-corrected chi connectivity index (χ1v) is 4.82. The normalized spacial score (nSPS) is 23.8. The second-order valence-electron chi connectivity index (χ2n) is 3.81. The Labute approximate surface area is 74.3 Å². The Morgan fingerprint density at radius 2 is 1.92 bits per heavy atom. The van der Waals surface area contributed by atoms with Gasteiger partial charge in [-0.15, -0.1) is 0 Å². The number of rotatable bonds is 4. The summed E-state index contributed by atoms with van der Waals surface area (Å²) in [7, 11) is 0. The molecule has 0 aromatic heterocycles. The quantitative estimate of drug-likeness (QED) is 0.563. The minimum Gasteiger partial charge on any atom is -0.386 e. The van der Waals surface area contributed by atoms with Crippen molar-refractivity contribution in [3.05, 3.63) is 0 Å². The summed E-state index contributed by atoms with van der Waals surface area (Å²) in [5.41, 5.74) is 5.36. The van der Waals surface area contributed by atoms with Crippen LogP contribution in [0, 0.1) is 5.92 Å². The first-order chi connectivity index (χ1) is 5.64. The number of β-amino-alcohol motifs (C(OH)–C–C–N with tert-alkyl or cyclic N) is 1. The van der Waals surface area contributed by atoms with E-state index in [0.29, 0.717) is 19.0 Å². The van der Waals surface area contributed by atoms with Gasteiger partial charge >= 0.3 is 0 Å². The fourth-order valence-electron chi connectivity index (χ4n) is 1.85. The summed E-state index contributed by atoms with van der Waals surface area (Å²) in [6, 6.07) is -0.0613. The van der Waals surface area contributed by atoms with Gasteiger partial charge in [0.25, 0.3) is 0 Å². The van der Waals surface area contributed by atoms with E-state index in [2.05, 4.69) is 19.2 Å². The first-order valence-electron chi connectivity index (χ1n) is 4.82.